The van der Waals surface area contributed by atoms with E-state index in [-0.39, 0.29) is 18.9 Å². The van der Waals surface area contributed by atoms with Gasteiger partial charge in [0.1, 0.15) is 36.1 Å². The summed E-state index contributed by atoms with van der Waals surface area (Å²) in [6, 6.07) is 21.7. The van der Waals surface area contributed by atoms with Crippen molar-refractivity contribution in [1.29, 1.82) is 0 Å². The van der Waals surface area contributed by atoms with Crippen molar-refractivity contribution in [1.82, 2.24) is 9.78 Å². The van der Waals surface area contributed by atoms with Crippen molar-refractivity contribution in [2.45, 2.75) is 151 Å². The van der Waals surface area contributed by atoms with Gasteiger partial charge in [-0.15, -0.1) is 5.10 Å². The average molecular weight is 1000 g/mol. The summed E-state index contributed by atoms with van der Waals surface area (Å²) < 4.78 is 38.0. The van der Waals surface area contributed by atoms with Gasteiger partial charge in [-0.25, -0.2) is 0 Å². The number of benzene rings is 3. The first-order chi connectivity index (χ1) is 33.2. The number of hydrogen-bond donors (Lipinski definition) is 4. The molecule has 1 unspecified atom stereocenters. The molecule has 6 atom stereocenters. The first-order valence-electron chi connectivity index (χ1n) is 24.2. The Morgan fingerprint density at radius 3 is 1.78 bits per heavy atom. The summed E-state index contributed by atoms with van der Waals surface area (Å²) in [5, 5.41) is 57.6. The van der Waals surface area contributed by atoms with Crippen LogP contribution in [0, 0.1) is 21.7 Å². The number of carbonyl (C=O) groups is 4. The maximum atomic E-state index is 15.3. The monoisotopic (exact) mass is 1000 g/mol. The summed E-state index contributed by atoms with van der Waals surface area (Å²) in [5.74, 6) is -3.78. The molecule has 0 saturated carbocycles. The molecule has 0 amide bonds. The van der Waals surface area contributed by atoms with Gasteiger partial charge in [-0.05, 0) is 55.3 Å². The summed E-state index contributed by atoms with van der Waals surface area (Å²) >= 11 is 0. The third kappa shape index (κ3) is 11.0. The van der Waals surface area contributed by atoms with E-state index in [4.69, 9.17) is 33.5 Å². The molecule has 16 nitrogen and oxygen atoms in total. The molecule has 0 spiro atoms. The van der Waals surface area contributed by atoms with Gasteiger partial charge in [0.2, 0.25) is 23.4 Å². The molecule has 2 heterocycles. The molecular formula is C56H76N2O14. The van der Waals surface area contributed by atoms with E-state index in [9.17, 15) is 25.2 Å². The predicted molar refractivity (Wildman–Crippen MR) is 270 cm³/mol. The maximum Gasteiger partial charge on any atom is 0.242 e. The van der Waals surface area contributed by atoms with Crippen LogP contribution < -0.4 is 18.9 Å². The van der Waals surface area contributed by atoms with Gasteiger partial charge in [-0.3, -0.25) is 23.9 Å². The summed E-state index contributed by atoms with van der Waals surface area (Å²) in [6.45, 7) is 21.6. The first-order valence-corrected chi connectivity index (χ1v) is 24.2. The smallest absolute Gasteiger partial charge is 0.242 e. The highest BCUT2D eigenvalue weighted by molar-refractivity contribution is 6.10. The number of carbonyl (C=O) groups excluding carboxylic acids is 4. The van der Waals surface area contributed by atoms with Gasteiger partial charge in [0, 0.05) is 51.3 Å². The fraction of sp³-hybridized carbons (Fsp3) is 0.554. The molecule has 0 bridgehead atoms. The Balaban J connectivity index is 1.79. The molecule has 1 aromatic heterocycles. The number of aliphatic hydroxyl groups excluding tert-OH is 1. The van der Waals surface area contributed by atoms with E-state index in [1.54, 1.807) is 47.1 Å². The lowest BCUT2D eigenvalue weighted by Gasteiger charge is -2.61. The highest BCUT2D eigenvalue weighted by Gasteiger charge is 2.84. The van der Waals surface area contributed by atoms with E-state index in [1.165, 1.54) is 97.3 Å². The van der Waals surface area contributed by atoms with Gasteiger partial charge in [0.15, 0.2) is 28.7 Å². The summed E-state index contributed by atoms with van der Waals surface area (Å²) in [7, 11) is 3.03. The second-order valence-corrected chi connectivity index (χ2v) is 23.0. The van der Waals surface area contributed by atoms with Gasteiger partial charge < -0.3 is 48.8 Å². The molecule has 0 radical (unpaired) electrons. The van der Waals surface area contributed by atoms with Crippen LogP contribution in [0.5, 0.6) is 23.1 Å². The van der Waals surface area contributed by atoms with Crippen molar-refractivity contribution in [3.63, 3.8) is 0 Å². The lowest BCUT2D eigenvalue weighted by molar-refractivity contribution is -0.363. The van der Waals surface area contributed by atoms with Crippen LogP contribution in [0.4, 0.5) is 0 Å². The van der Waals surface area contributed by atoms with Crippen molar-refractivity contribution >= 4 is 23.1 Å². The molecule has 3 aromatic carbocycles. The lowest BCUT2D eigenvalue weighted by atomic mass is 9.52. The van der Waals surface area contributed by atoms with E-state index < -0.39 is 86.1 Å². The molecule has 0 aliphatic carbocycles. The van der Waals surface area contributed by atoms with Crippen LogP contribution in [-0.2, 0) is 41.7 Å². The van der Waals surface area contributed by atoms with Crippen LogP contribution in [0.2, 0.25) is 0 Å². The van der Waals surface area contributed by atoms with E-state index in [2.05, 4.69) is 0 Å². The van der Waals surface area contributed by atoms with Crippen molar-refractivity contribution in [3.05, 3.63) is 89.5 Å². The fourth-order valence-corrected chi connectivity index (χ4v) is 8.96. The number of aromatic nitrogens is 2. The van der Waals surface area contributed by atoms with E-state index in [1.807, 2.05) is 44.2 Å². The molecule has 4 N–H and O–H groups in total. The normalized spacial score (nSPS) is 22.3. The molecule has 1 aliphatic rings. The Kier molecular flexibility index (Phi) is 16.9. The second kappa shape index (κ2) is 21.2. The molecular weight excluding hydrogens is 925 g/mol. The van der Waals surface area contributed by atoms with Crippen LogP contribution in [0.15, 0.2) is 72.8 Å². The van der Waals surface area contributed by atoms with Gasteiger partial charge in [-0.2, -0.15) is 0 Å². The number of Topliss-reactive ketones (excluding diaryl/α,β-unsaturated/α-hetero) is 4. The third-order valence-electron chi connectivity index (χ3n) is 12.8. The van der Waals surface area contributed by atoms with E-state index >= 15 is 14.4 Å². The number of hydrogen-bond acceptors (Lipinski definition) is 15. The quantitative estimate of drug-likeness (QED) is 0.0670. The van der Waals surface area contributed by atoms with Gasteiger partial charge in [0.05, 0.1) is 33.1 Å². The zero-order chi connectivity index (χ0) is 54.2. The van der Waals surface area contributed by atoms with E-state index in [0.29, 0.717) is 52.8 Å². The van der Waals surface area contributed by atoms with E-state index in [0.717, 1.165) is 5.56 Å². The molecule has 4 aromatic rings. The van der Waals surface area contributed by atoms with Crippen LogP contribution in [0.3, 0.4) is 0 Å². The standard InChI is InChI=1S/C56H76N2O14/c1-33(2)58-41(35-22-25-37(67-15)26-23-35)39(30-36-24-27-38(31-40(36)68-16)70-29-28-69-32-34-20-18-17-19-21-34)45(57-58)72-49-55(65,47(62)52(9,10)11)56(66,48(63)53(12,13)14)54(64,46(61)51(6,7)8)44(71-49)42(59)43(60)50(3,4)5/h17-27,31,33,42,44,49,59,64-66H,28-30,32H2,1-16H3/t42?,44-,49+,54+,55+,56+/m1/s1. The molecule has 72 heavy (non-hydrogen) atoms. The average Bonchev–Trinajstić information content (AvgIpc) is 3.67. The Bertz CT molecular complexity index is 2580. The van der Waals surface area contributed by atoms with Crippen LogP contribution >= 0.6 is 0 Å². The predicted octanol–water partition coefficient (Wildman–Crippen LogP) is 7.45. The second-order valence-electron chi connectivity index (χ2n) is 23.0. The summed E-state index contributed by atoms with van der Waals surface area (Å²) in [4.78, 5) is 59.8. The molecule has 1 aliphatic heterocycles. The Labute approximate surface area is 423 Å². The molecule has 1 fully saturated rings. The van der Waals surface area contributed by atoms with Crippen molar-refractivity contribution < 1.29 is 68.0 Å². The molecule has 394 valence electrons. The topological polar surface area (TPSA) is 222 Å². The summed E-state index contributed by atoms with van der Waals surface area (Å²) in [5.41, 5.74) is -14.6. The highest BCUT2D eigenvalue weighted by atomic mass is 16.7. The minimum atomic E-state index is -3.88. The largest absolute Gasteiger partial charge is 0.497 e. The summed E-state index contributed by atoms with van der Waals surface area (Å²) in [6.07, 6.45) is -7.56. The van der Waals surface area contributed by atoms with Crippen molar-refractivity contribution in [2.75, 3.05) is 27.4 Å². The number of aliphatic hydroxyl groups is 4. The number of rotatable bonds is 19. The van der Waals surface area contributed by atoms with Gasteiger partial charge in [-0.1, -0.05) is 119 Å². The minimum Gasteiger partial charge on any atom is -0.497 e. The highest BCUT2D eigenvalue weighted by Crippen LogP contribution is 2.54. The zero-order valence-corrected chi connectivity index (χ0v) is 44.8. The Hall–Kier alpha value is -5.49. The van der Waals surface area contributed by atoms with Gasteiger partial charge in [0.25, 0.3) is 0 Å². The maximum absolute atomic E-state index is 15.3. The zero-order valence-electron chi connectivity index (χ0n) is 44.8. The van der Waals surface area contributed by atoms with Crippen molar-refractivity contribution in [3.8, 4) is 34.4 Å². The molecule has 16 heteroatoms. The Morgan fingerprint density at radius 2 is 1.26 bits per heavy atom. The lowest BCUT2D eigenvalue weighted by Crippen LogP contribution is -2.90. The number of nitrogens with zero attached hydrogens (tertiary/aromatic N) is 2. The number of ether oxygens (including phenoxy) is 6. The van der Waals surface area contributed by atoms with Crippen LogP contribution in [0.25, 0.3) is 11.3 Å². The van der Waals surface area contributed by atoms with Gasteiger partial charge >= 0.3 is 0 Å². The SMILES string of the molecule is COc1ccc(-c2c(Cc3ccc(OCCOCc4ccccc4)cc3OC)c(O[C@@H]3O[C@H](C(O)C(=O)C(C)(C)C)[C@](O)(C(=O)C(C)(C)C)[C@@](O)(C(=O)C(C)(C)C)[C@]3(O)C(=O)C(C)(C)C)nn2C(C)C)cc1. The number of ketones is 4. The third-order valence-corrected chi connectivity index (χ3v) is 12.8. The molecule has 5 rings (SSSR count). The minimum absolute atomic E-state index is 0.0162. The van der Waals surface area contributed by atoms with Crippen LogP contribution in [0.1, 0.15) is 120 Å². The van der Waals surface area contributed by atoms with Crippen LogP contribution in [-0.4, -0.2) is 116 Å². The molecule has 1 saturated heterocycles. The van der Waals surface area contributed by atoms with Crippen molar-refractivity contribution in [2.24, 2.45) is 21.7 Å². The first kappa shape index (κ1) is 57.4. The Morgan fingerprint density at radius 1 is 0.708 bits per heavy atom. The number of methoxy groups -OCH3 is 2. The fourth-order valence-electron chi connectivity index (χ4n) is 8.96.